The van der Waals surface area contributed by atoms with Crippen LogP contribution in [0.4, 0.5) is 0 Å². The lowest BCUT2D eigenvalue weighted by atomic mass is 9.96. The van der Waals surface area contributed by atoms with Gasteiger partial charge in [0.2, 0.25) is 0 Å². The van der Waals surface area contributed by atoms with Gasteiger partial charge in [0, 0.05) is 32.7 Å². The highest BCUT2D eigenvalue weighted by molar-refractivity contribution is 5.47. The molecule has 4 heteroatoms. The van der Waals surface area contributed by atoms with Crippen LogP contribution in [0.15, 0.2) is 36.4 Å². The van der Waals surface area contributed by atoms with Crippen molar-refractivity contribution in [2.45, 2.75) is 19.3 Å². The molecule has 5 rings (SSSR count). The Bertz CT molecular complexity index is 814. The maximum Gasteiger partial charge on any atom is 0.161 e. The molecule has 2 aromatic carbocycles. The second-order valence-electron chi connectivity index (χ2n) is 8.03. The van der Waals surface area contributed by atoms with E-state index in [9.17, 15) is 0 Å². The summed E-state index contributed by atoms with van der Waals surface area (Å²) in [6, 6.07) is 13.3. The Morgan fingerprint density at radius 3 is 2.70 bits per heavy atom. The Morgan fingerprint density at radius 1 is 0.963 bits per heavy atom. The maximum atomic E-state index is 5.76. The molecule has 27 heavy (non-hydrogen) atoms. The quantitative estimate of drug-likeness (QED) is 0.904. The Labute approximate surface area is 161 Å². The average molecular weight is 364 g/mol. The molecule has 2 heterocycles. The smallest absolute Gasteiger partial charge is 0.161 e. The molecule has 142 valence electrons. The van der Waals surface area contributed by atoms with Gasteiger partial charge in [0.25, 0.3) is 0 Å². The molecule has 3 aliphatic rings. The topological polar surface area (TPSA) is 33.7 Å². The second-order valence-corrected chi connectivity index (χ2v) is 8.03. The Hall–Kier alpha value is -2.04. The van der Waals surface area contributed by atoms with Crippen LogP contribution in [0.3, 0.4) is 0 Å². The summed E-state index contributed by atoms with van der Waals surface area (Å²) in [4.78, 5) is 2.63. The number of piperazine rings is 1. The van der Waals surface area contributed by atoms with Gasteiger partial charge in [0.15, 0.2) is 11.5 Å². The lowest BCUT2D eigenvalue weighted by Gasteiger charge is -2.29. The van der Waals surface area contributed by atoms with Crippen LogP contribution in [-0.4, -0.2) is 50.8 Å². The summed E-state index contributed by atoms with van der Waals surface area (Å²) < 4.78 is 11.4. The van der Waals surface area contributed by atoms with Gasteiger partial charge in [0.05, 0.1) is 0 Å². The van der Waals surface area contributed by atoms with E-state index in [-0.39, 0.29) is 0 Å². The molecule has 0 radical (unpaired) electrons. The number of hydrogen-bond donors (Lipinski definition) is 1. The second kappa shape index (κ2) is 7.53. The standard InChI is InChI=1S/C23H28N2O2/c1-2-19(12-17-4-5-22-23(15-17)27-11-10-26-22)21-14-18(13-20(21)3-1)16-25-8-6-24-7-9-25/h1-5,15,18,24H,6-14,16H2. The van der Waals surface area contributed by atoms with Crippen LogP contribution in [0.5, 0.6) is 11.5 Å². The van der Waals surface area contributed by atoms with E-state index >= 15 is 0 Å². The van der Waals surface area contributed by atoms with Crippen molar-refractivity contribution >= 4 is 0 Å². The molecule has 2 aromatic rings. The van der Waals surface area contributed by atoms with E-state index < -0.39 is 0 Å². The van der Waals surface area contributed by atoms with Gasteiger partial charge < -0.3 is 19.7 Å². The highest BCUT2D eigenvalue weighted by atomic mass is 16.6. The summed E-state index contributed by atoms with van der Waals surface area (Å²) >= 11 is 0. The first-order chi connectivity index (χ1) is 13.3. The lowest BCUT2D eigenvalue weighted by molar-refractivity contribution is 0.171. The molecular weight excluding hydrogens is 336 g/mol. The summed E-state index contributed by atoms with van der Waals surface area (Å²) in [5.74, 6) is 2.53. The van der Waals surface area contributed by atoms with Crippen LogP contribution in [0.1, 0.15) is 22.3 Å². The highest BCUT2D eigenvalue weighted by Crippen LogP contribution is 2.34. The third-order valence-corrected chi connectivity index (χ3v) is 6.10. The van der Waals surface area contributed by atoms with Crippen LogP contribution in [-0.2, 0) is 19.3 Å². The molecule has 1 fully saturated rings. The number of hydrogen-bond acceptors (Lipinski definition) is 4. The summed E-state index contributed by atoms with van der Waals surface area (Å²) in [6.07, 6.45) is 3.42. The van der Waals surface area contributed by atoms with Gasteiger partial charge in [-0.15, -0.1) is 0 Å². The number of rotatable bonds is 4. The molecule has 4 nitrogen and oxygen atoms in total. The van der Waals surface area contributed by atoms with E-state index in [1.807, 2.05) is 0 Å². The molecule has 0 spiro atoms. The molecule has 1 saturated heterocycles. The zero-order chi connectivity index (χ0) is 18.1. The first-order valence-electron chi connectivity index (χ1n) is 10.3. The van der Waals surface area contributed by atoms with Gasteiger partial charge in [-0.2, -0.15) is 0 Å². The van der Waals surface area contributed by atoms with E-state index in [0.717, 1.165) is 36.9 Å². The molecule has 0 aromatic heterocycles. The third-order valence-electron chi connectivity index (χ3n) is 6.10. The Balaban J connectivity index is 1.31. The van der Waals surface area contributed by atoms with Crippen molar-refractivity contribution in [3.05, 3.63) is 58.7 Å². The van der Waals surface area contributed by atoms with Gasteiger partial charge in [-0.05, 0) is 59.6 Å². The molecule has 1 N–H and O–H groups in total. The molecule has 2 aliphatic heterocycles. The van der Waals surface area contributed by atoms with Crippen molar-refractivity contribution in [1.82, 2.24) is 10.2 Å². The first-order valence-corrected chi connectivity index (χ1v) is 10.3. The average Bonchev–Trinajstić information content (AvgIpc) is 3.12. The SMILES string of the molecule is c1cc(Cc2ccc3c(c2)OCCO3)c2c(c1)CC(CN1CCNCC1)C2. The number of fused-ring (bicyclic) bond motifs is 2. The molecule has 0 saturated carbocycles. The van der Waals surface area contributed by atoms with E-state index in [4.69, 9.17) is 9.47 Å². The molecule has 0 amide bonds. The van der Waals surface area contributed by atoms with E-state index in [1.54, 1.807) is 11.1 Å². The van der Waals surface area contributed by atoms with Crippen LogP contribution >= 0.6 is 0 Å². The minimum Gasteiger partial charge on any atom is -0.486 e. The van der Waals surface area contributed by atoms with Crippen molar-refractivity contribution in [1.29, 1.82) is 0 Å². The number of ether oxygens (including phenoxy) is 2. The molecule has 1 atom stereocenters. The normalized spacial score (nSPS) is 21.9. The van der Waals surface area contributed by atoms with Gasteiger partial charge in [-0.25, -0.2) is 0 Å². The predicted octanol–water partition coefficient (Wildman–Crippen LogP) is 2.67. The fraction of sp³-hybridized carbons (Fsp3) is 0.478. The van der Waals surface area contributed by atoms with E-state index in [1.165, 1.54) is 43.6 Å². The van der Waals surface area contributed by atoms with Crippen LogP contribution in [0.25, 0.3) is 0 Å². The minimum absolute atomic E-state index is 0.644. The van der Waals surface area contributed by atoms with Crippen molar-refractivity contribution in [3.8, 4) is 11.5 Å². The summed E-state index contributed by atoms with van der Waals surface area (Å²) in [7, 11) is 0. The summed E-state index contributed by atoms with van der Waals surface area (Å²) in [5.41, 5.74) is 5.93. The van der Waals surface area contributed by atoms with E-state index in [2.05, 4.69) is 46.6 Å². The zero-order valence-electron chi connectivity index (χ0n) is 15.9. The summed E-state index contributed by atoms with van der Waals surface area (Å²) in [5, 5.41) is 3.45. The van der Waals surface area contributed by atoms with Crippen molar-refractivity contribution in [2.24, 2.45) is 5.92 Å². The van der Waals surface area contributed by atoms with Gasteiger partial charge >= 0.3 is 0 Å². The van der Waals surface area contributed by atoms with E-state index in [0.29, 0.717) is 13.2 Å². The van der Waals surface area contributed by atoms with Crippen LogP contribution in [0, 0.1) is 5.92 Å². The fourth-order valence-corrected chi connectivity index (χ4v) is 4.78. The van der Waals surface area contributed by atoms with Gasteiger partial charge in [-0.1, -0.05) is 24.3 Å². The Morgan fingerprint density at radius 2 is 1.81 bits per heavy atom. The van der Waals surface area contributed by atoms with Crippen LogP contribution in [0.2, 0.25) is 0 Å². The third kappa shape index (κ3) is 3.69. The number of nitrogens with zero attached hydrogens (tertiary/aromatic N) is 1. The molecule has 1 aliphatic carbocycles. The largest absolute Gasteiger partial charge is 0.486 e. The number of nitrogens with one attached hydrogen (secondary N) is 1. The molecule has 1 unspecified atom stereocenters. The van der Waals surface area contributed by atoms with Crippen molar-refractivity contribution in [3.63, 3.8) is 0 Å². The zero-order valence-corrected chi connectivity index (χ0v) is 15.9. The monoisotopic (exact) mass is 364 g/mol. The van der Waals surface area contributed by atoms with Gasteiger partial charge in [-0.3, -0.25) is 0 Å². The lowest BCUT2D eigenvalue weighted by Crippen LogP contribution is -2.45. The van der Waals surface area contributed by atoms with Crippen LogP contribution < -0.4 is 14.8 Å². The van der Waals surface area contributed by atoms with Crippen molar-refractivity contribution < 1.29 is 9.47 Å². The first kappa shape index (κ1) is 17.1. The van der Waals surface area contributed by atoms with Crippen molar-refractivity contribution in [2.75, 3.05) is 45.9 Å². The predicted molar refractivity (Wildman–Crippen MR) is 107 cm³/mol. The van der Waals surface area contributed by atoms with Gasteiger partial charge in [0.1, 0.15) is 13.2 Å². The number of benzene rings is 2. The highest BCUT2D eigenvalue weighted by Gasteiger charge is 2.26. The summed E-state index contributed by atoms with van der Waals surface area (Å²) in [6.45, 7) is 7.18. The maximum absolute atomic E-state index is 5.76. The Kier molecular flexibility index (Phi) is 4.76. The fourth-order valence-electron chi connectivity index (χ4n) is 4.78. The minimum atomic E-state index is 0.644. The molecule has 0 bridgehead atoms. The molecular formula is C23H28N2O2.